The first-order valence-electron chi connectivity index (χ1n) is 10.2. The molecular weight excluding hydrogens is 433 g/mol. The van der Waals surface area contributed by atoms with E-state index >= 15 is 0 Å². The van der Waals surface area contributed by atoms with E-state index in [0.717, 1.165) is 10.1 Å². The zero-order chi connectivity index (χ0) is 23.8. The monoisotopic (exact) mass is 454 g/mol. The van der Waals surface area contributed by atoms with Crippen LogP contribution in [-0.2, 0) is 24.6 Å². The first kappa shape index (κ1) is 22.3. The van der Waals surface area contributed by atoms with E-state index in [1.165, 1.54) is 11.7 Å². The largest absolute Gasteiger partial charge is 0.417 e. The van der Waals surface area contributed by atoms with Crippen molar-refractivity contribution in [1.82, 2.24) is 19.7 Å². The summed E-state index contributed by atoms with van der Waals surface area (Å²) in [6.45, 7) is 1.34. The number of benzene rings is 2. The maximum Gasteiger partial charge on any atom is 0.417 e. The van der Waals surface area contributed by atoms with Gasteiger partial charge >= 0.3 is 6.18 Å². The Morgan fingerprint density at radius 1 is 1.06 bits per heavy atom. The smallest absolute Gasteiger partial charge is 0.348 e. The van der Waals surface area contributed by atoms with Crippen molar-refractivity contribution in [2.75, 3.05) is 0 Å². The van der Waals surface area contributed by atoms with Gasteiger partial charge in [0.25, 0.3) is 5.56 Å². The van der Waals surface area contributed by atoms with Crippen LogP contribution in [0.15, 0.2) is 71.5 Å². The van der Waals surface area contributed by atoms with E-state index in [9.17, 15) is 22.8 Å². The SMILES string of the molecule is CC(NC(=O)Cn1c(=O)cc(C(F)(F)F)c2c(-c3ccccc3)nn(C)c21)c1ccccc1. The van der Waals surface area contributed by atoms with Crippen LogP contribution >= 0.6 is 0 Å². The van der Waals surface area contributed by atoms with Crippen molar-refractivity contribution in [2.45, 2.75) is 25.7 Å². The molecule has 9 heteroatoms. The molecule has 0 bridgehead atoms. The van der Waals surface area contributed by atoms with Crippen LogP contribution in [0.25, 0.3) is 22.3 Å². The van der Waals surface area contributed by atoms with Gasteiger partial charge in [0.05, 0.1) is 17.0 Å². The number of alkyl halides is 3. The maximum atomic E-state index is 13.9. The van der Waals surface area contributed by atoms with Gasteiger partial charge < -0.3 is 5.32 Å². The van der Waals surface area contributed by atoms with E-state index in [1.54, 1.807) is 37.3 Å². The molecule has 4 aromatic rings. The van der Waals surface area contributed by atoms with Gasteiger partial charge in [-0.1, -0.05) is 60.7 Å². The van der Waals surface area contributed by atoms with Gasteiger partial charge in [0.15, 0.2) is 0 Å². The van der Waals surface area contributed by atoms with Gasteiger partial charge in [0.2, 0.25) is 5.91 Å². The van der Waals surface area contributed by atoms with E-state index < -0.39 is 29.8 Å². The lowest BCUT2D eigenvalue weighted by atomic mass is 10.0. The Balaban J connectivity index is 1.81. The van der Waals surface area contributed by atoms with Crippen molar-refractivity contribution >= 4 is 16.9 Å². The summed E-state index contributed by atoms with van der Waals surface area (Å²) in [4.78, 5) is 25.5. The maximum absolute atomic E-state index is 13.9. The average molecular weight is 454 g/mol. The molecule has 0 saturated heterocycles. The van der Waals surface area contributed by atoms with Gasteiger partial charge in [-0.2, -0.15) is 18.3 Å². The summed E-state index contributed by atoms with van der Waals surface area (Å²) in [5, 5.41) is 6.84. The summed E-state index contributed by atoms with van der Waals surface area (Å²) in [6.07, 6.45) is -4.77. The second-order valence-electron chi connectivity index (χ2n) is 7.72. The third kappa shape index (κ3) is 4.39. The molecule has 0 radical (unpaired) electrons. The number of halogens is 3. The number of aromatic nitrogens is 3. The number of hydrogen-bond acceptors (Lipinski definition) is 3. The van der Waals surface area contributed by atoms with Crippen LogP contribution < -0.4 is 10.9 Å². The Morgan fingerprint density at radius 3 is 2.27 bits per heavy atom. The Hall–Kier alpha value is -3.88. The highest BCUT2D eigenvalue weighted by Gasteiger charge is 2.37. The van der Waals surface area contributed by atoms with E-state index in [-0.39, 0.29) is 22.8 Å². The van der Waals surface area contributed by atoms with Crippen molar-refractivity contribution in [3.63, 3.8) is 0 Å². The fourth-order valence-electron chi connectivity index (χ4n) is 3.88. The van der Waals surface area contributed by atoms with Gasteiger partial charge in [-0.15, -0.1) is 0 Å². The van der Waals surface area contributed by atoms with Crippen LogP contribution in [0.1, 0.15) is 24.1 Å². The molecule has 0 aliphatic rings. The number of fused-ring (bicyclic) bond motifs is 1. The Morgan fingerprint density at radius 2 is 1.67 bits per heavy atom. The van der Waals surface area contributed by atoms with Crippen LogP contribution in [0.3, 0.4) is 0 Å². The molecule has 0 spiro atoms. The molecule has 0 fully saturated rings. The lowest BCUT2D eigenvalue weighted by Crippen LogP contribution is -2.34. The number of rotatable bonds is 5. The minimum atomic E-state index is -4.77. The highest BCUT2D eigenvalue weighted by Crippen LogP contribution is 2.38. The van der Waals surface area contributed by atoms with E-state index in [4.69, 9.17) is 0 Å². The number of aryl methyl sites for hydroxylation is 1. The predicted octanol–water partition coefficient (Wildman–Crippen LogP) is 4.30. The lowest BCUT2D eigenvalue weighted by Gasteiger charge is -2.17. The predicted molar refractivity (Wildman–Crippen MR) is 118 cm³/mol. The fourth-order valence-corrected chi connectivity index (χ4v) is 3.88. The van der Waals surface area contributed by atoms with Crippen molar-refractivity contribution < 1.29 is 18.0 Å². The molecule has 170 valence electrons. The number of amides is 1. The summed E-state index contributed by atoms with van der Waals surface area (Å²) < 4.78 is 43.9. The summed E-state index contributed by atoms with van der Waals surface area (Å²) in [7, 11) is 1.45. The van der Waals surface area contributed by atoms with Crippen LogP contribution in [0.2, 0.25) is 0 Å². The van der Waals surface area contributed by atoms with Crippen molar-refractivity contribution in [2.24, 2.45) is 7.05 Å². The molecule has 2 aromatic carbocycles. The van der Waals surface area contributed by atoms with Crippen LogP contribution in [0.5, 0.6) is 0 Å². The molecule has 0 aliphatic carbocycles. The number of nitrogens with zero attached hydrogens (tertiary/aromatic N) is 3. The topological polar surface area (TPSA) is 68.9 Å². The third-order valence-electron chi connectivity index (χ3n) is 5.41. The van der Waals surface area contributed by atoms with Gasteiger partial charge in [0.1, 0.15) is 17.9 Å². The molecule has 0 aliphatic heterocycles. The molecule has 33 heavy (non-hydrogen) atoms. The van der Waals surface area contributed by atoms with Crippen molar-refractivity contribution in [1.29, 1.82) is 0 Å². The summed E-state index contributed by atoms with van der Waals surface area (Å²) in [6, 6.07) is 17.8. The van der Waals surface area contributed by atoms with Crippen LogP contribution in [0, 0.1) is 0 Å². The molecule has 6 nitrogen and oxygen atoms in total. The fraction of sp³-hybridized carbons (Fsp3) is 0.208. The molecule has 0 saturated carbocycles. The van der Waals surface area contributed by atoms with E-state index in [0.29, 0.717) is 11.6 Å². The summed E-state index contributed by atoms with van der Waals surface area (Å²) in [5.41, 5.74) is -0.657. The number of carbonyl (C=O) groups is 1. The zero-order valence-corrected chi connectivity index (χ0v) is 17.9. The summed E-state index contributed by atoms with van der Waals surface area (Å²) in [5.74, 6) is -0.503. The van der Waals surface area contributed by atoms with Crippen molar-refractivity contribution in [3.8, 4) is 11.3 Å². The highest BCUT2D eigenvalue weighted by molar-refractivity contribution is 5.95. The van der Waals surface area contributed by atoms with Crippen molar-refractivity contribution in [3.05, 3.63) is 88.2 Å². The van der Waals surface area contributed by atoms with E-state index in [2.05, 4.69) is 10.4 Å². The highest BCUT2D eigenvalue weighted by atomic mass is 19.4. The Bertz CT molecular complexity index is 1360. The van der Waals surface area contributed by atoms with Gasteiger partial charge in [-0.05, 0) is 12.5 Å². The first-order valence-corrected chi connectivity index (χ1v) is 10.2. The zero-order valence-electron chi connectivity index (χ0n) is 17.9. The molecule has 1 amide bonds. The van der Waals surface area contributed by atoms with Gasteiger partial charge in [-0.25, -0.2) is 0 Å². The molecule has 4 rings (SSSR count). The number of carbonyl (C=O) groups excluding carboxylic acids is 1. The second-order valence-corrected chi connectivity index (χ2v) is 7.72. The number of hydrogen-bond donors (Lipinski definition) is 1. The van der Waals surface area contributed by atoms with Gasteiger partial charge in [-0.3, -0.25) is 18.8 Å². The summed E-state index contributed by atoms with van der Waals surface area (Å²) >= 11 is 0. The van der Waals surface area contributed by atoms with Gasteiger partial charge in [0, 0.05) is 18.7 Å². The number of pyridine rings is 1. The minimum absolute atomic E-state index is 0.0730. The molecule has 2 heterocycles. The Labute approximate surface area is 187 Å². The molecule has 1 N–H and O–H groups in total. The van der Waals surface area contributed by atoms with E-state index in [1.807, 2.05) is 30.3 Å². The molecule has 2 aromatic heterocycles. The molecule has 1 unspecified atom stereocenters. The Kier molecular flexibility index (Phi) is 5.80. The number of nitrogens with one attached hydrogen (secondary N) is 1. The molecular formula is C24H21F3N4O2. The van der Waals surface area contributed by atoms with Crippen LogP contribution in [0.4, 0.5) is 13.2 Å². The first-order chi connectivity index (χ1) is 15.7. The lowest BCUT2D eigenvalue weighted by molar-refractivity contribution is -0.136. The standard InChI is InChI=1S/C24H21F3N4O2/c1-15(16-9-5-3-6-10-16)28-19(32)14-31-20(33)13-18(24(25,26)27)21-22(29-30(2)23(21)31)17-11-7-4-8-12-17/h3-13,15H,14H2,1-2H3,(H,28,32). The quantitative estimate of drug-likeness (QED) is 0.489. The second kappa shape index (κ2) is 8.57. The third-order valence-corrected chi connectivity index (χ3v) is 5.41. The normalized spacial score (nSPS) is 12.6. The molecule has 1 atom stereocenters. The van der Waals surface area contributed by atoms with Crippen LogP contribution in [-0.4, -0.2) is 20.3 Å². The minimum Gasteiger partial charge on any atom is -0.348 e. The average Bonchev–Trinajstić information content (AvgIpc) is 3.13.